The van der Waals surface area contributed by atoms with Crippen LogP contribution in [0.2, 0.25) is 0 Å². The van der Waals surface area contributed by atoms with Crippen molar-refractivity contribution in [2.45, 2.75) is 59.3 Å². The largest absolute Gasteiger partial charge is 0.379 e. The topological polar surface area (TPSA) is 32.3 Å². The summed E-state index contributed by atoms with van der Waals surface area (Å²) < 4.78 is 13.6. The number of rotatable bonds is 3. The third kappa shape index (κ3) is 4.85. The summed E-state index contributed by atoms with van der Waals surface area (Å²) in [6.45, 7) is 10.5. The van der Waals surface area contributed by atoms with Crippen molar-refractivity contribution in [2.75, 3.05) is 10.2 Å². The fourth-order valence-electron chi connectivity index (χ4n) is 3.92. The van der Waals surface area contributed by atoms with Crippen molar-refractivity contribution in [1.82, 2.24) is 0 Å². The number of carbonyl (C=O) groups is 1. The molecule has 0 aromatic heterocycles. The summed E-state index contributed by atoms with van der Waals surface area (Å²) in [6.07, 6.45) is 0.796. The van der Waals surface area contributed by atoms with Gasteiger partial charge in [-0.15, -0.1) is 0 Å². The first-order chi connectivity index (χ1) is 13.4. The molecule has 1 aliphatic rings. The Morgan fingerprint density at radius 3 is 2.34 bits per heavy atom. The van der Waals surface area contributed by atoms with Crippen LogP contribution < -0.4 is 10.2 Å². The Kier molecular flexibility index (Phi) is 5.59. The van der Waals surface area contributed by atoms with Crippen molar-refractivity contribution in [3.05, 3.63) is 58.4 Å². The molecule has 1 amide bonds. The van der Waals surface area contributed by atoms with Gasteiger partial charge in [0.1, 0.15) is 5.82 Å². The first kappa shape index (κ1) is 21.5. The standard InChI is InChI=1S/C23H27B2FN2O/c1-14-8-19(9-15(2)21(14)27-20(29)12-22(3,4)5)28-13-16-6-7-18(26)10-17(16)11-23(28,24)25/h6-10H,11-13H2,1-5H3,(H,27,29). The highest BCUT2D eigenvalue weighted by Gasteiger charge is 2.32. The SMILES string of the molecule is [B]C1([B])Cc2cc(F)ccc2CN1c1cc(C)c(NC(=O)CC(C)(C)C)c(C)c1. The molecule has 0 fully saturated rings. The van der Waals surface area contributed by atoms with Crippen molar-refractivity contribution in [3.8, 4) is 0 Å². The summed E-state index contributed by atoms with van der Waals surface area (Å²) in [5, 5.41) is 1.92. The van der Waals surface area contributed by atoms with Crippen LogP contribution in [0.15, 0.2) is 30.3 Å². The van der Waals surface area contributed by atoms with E-state index in [1.165, 1.54) is 12.1 Å². The third-order valence-corrected chi connectivity index (χ3v) is 5.26. The Balaban J connectivity index is 1.90. The zero-order valence-electron chi connectivity index (χ0n) is 17.9. The average molecular weight is 388 g/mol. The van der Waals surface area contributed by atoms with E-state index in [0.29, 0.717) is 19.4 Å². The molecule has 0 aliphatic carbocycles. The van der Waals surface area contributed by atoms with E-state index < -0.39 is 5.34 Å². The molecule has 6 heteroatoms. The van der Waals surface area contributed by atoms with Crippen LogP contribution in [0, 0.1) is 25.1 Å². The molecule has 1 heterocycles. The highest BCUT2D eigenvalue weighted by molar-refractivity contribution is 6.42. The van der Waals surface area contributed by atoms with Crippen LogP contribution in [0.1, 0.15) is 49.4 Å². The molecule has 148 valence electrons. The number of benzene rings is 2. The minimum atomic E-state index is -1.13. The molecule has 0 saturated carbocycles. The van der Waals surface area contributed by atoms with Crippen LogP contribution in [-0.4, -0.2) is 26.9 Å². The van der Waals surface area contributed by atoms with Crippen molar-refractivity contribution in [2.24, 2.45) is 5.41 Å². The zero-order valence-corrected chi connectivity index (χ0v) is 17.9. The minimum Gasteiger partial charge on any atom is -0.379 e. The van der Waals surface area contributed by atoms with E-state index in [1.54, 1.807) is 6.07 Å². The number of carbonyl (C=O) groups excluding carboxylic acids is 1. The summed E-state index contributed by atoms with van der Waals surface area (Å²) in [6, 6.07) is 8.73. The summed E-state index contributed by atoms with van der Waals surface area (Å²) in [4.78, 5) is 14.3. The Morgan fingerprint density at radius 1 is 1.14 bits per heavy atom. The van der Waals surface area contributed by atoms with Crippen LogP contribution in [0.3, 0.4) is 0 Å². The van der Waals surface area contributed by atoms with Crippen LogP contribution in [-0.2, 0) is 17.8 Å². The van der Waals surface area contributed by atoms with Gasteiger partial charge in [0.2, 0.25) is 5.91 Å². The number of amides is 1. The maximum Gasteiger partial charge on any atom is 0.224 e. The van der Waals surface area contributed by atoms with Gasteiger partial charge in [-0.3, -0.25) is 4.79 Å². The summed E-state index contributed by atoms with van der Waals surface area (Å²) in [5.74, 6) is -0.285. The molecule has 4 radical (unpaired) electrons. The van der Waals surface area contributed by atoms with Gasteiger partial charge in [0.25, 0.3) is 0 Å². The Bertz CT molecular complexity index is 927. The van der Waals surface area contributed by atoms with Gasteiger partial charge >= 0.3 is 0 Å². The Hall–Kier alpha value is -2.23. The van der Waals surface area contributed by atoms with Crippen LogP contribution in [0.25, 0.3) is 0 Å². The molecular formula is C23H27B2FN2O. The van der Waals surface area contributed by atoms with E-state index in [0.717, 1.165) is 33.6 Å². The maximum absolute atomic E-state index is 13.6. The smallest absolute Gasteiger partial charge is 0.224 e. The second kappa shape index (κ2) is 7.55. The van der Waals surface area contributed by atoms with Gasteiger partial charge in [0, 0.05) is 24.3 Å². The van der Waals surface area contributed by atoms with E-state index >= 15 is 0 Å². The van der Waals surface area contributed by atoms with Crippen molar-refractivity contribution < 1.29 is 9.18 Å². The van der Waals surface area contributed by atoms with Gasteiger partial charge in [-0.2, -0.15) is 0 Å². The van der Waals surface area contributed by atoms with E-state index in [4.69, 9.17) is 15.7 Å². The third-order valence-electron chi connectivity index (χ3n) is 5.26. The number of fused-ring (bicyclic) bond motifs is 1. The molecule has 3 nitrogen and oxygen atoms in total. The lowest BCUT2D eigenvalue weighted by Crippen LogP contribution is -2.54. The molecule has 29 heavy (non-hydrogen) atoms. The number of nitrogens with zero attached hydrogens (tertiary/aromatic N) is 1. The number of anilines is 2. The number of halogens is 1. The van der Waals surface area contributed by atoms with Crippen LogP contribution in [0.4, 0.5) is 15.8 Å². The molecule has 2 aromatic rings. The molecule has 0 atom stereocenters. The second-order valence-electron chi connectivity index (χ2n) is 9.41. The number of hydrogen-bond donors (Lipinski definition) is 1. The number of aryl methyl sites for hydroxylation is 2. The van der Waals surface area contributed by atoms with E-state index in [1.807, 2.05) is 51.7 Å². The predicted octanol–water partition coefficient (Wildman–Crippen LogP) is 4.37. The maximum atomic E-state index is 13.6. The normalized spacial score (nSPS) is 15.7. The lowest BCUT2D eigenvalue weighted by atomic mass is 9.56. The van der Waals surface area contributed by atoms with Gasteiger partial charge in [-0.25, -0.2) is 4.39 Å². The lowest BCUT2D eigenvalue weighted by Gasteiger charge is -2.46. The Morgan fingerprint density at radius 2 is 1.76 bits per heavy atom. The van der Waals surface area contributed by atoms with Crippen molar-refractivity contribution in [1.29, 1.82) is 0 Å². The zero-order chi connectivity index (χ0) is 21.6. The van der Waals surface area contributed by atoms with Gasteiger partial charge in [0.05, 0.1) is 15.7 Å². The quantitative estimate of drug-likeness (QED) is 0.793. The fraction of sp³-hybridized carbons (Fsp3) is 0.435. The molecule has 0 saturated heterocycles. The summed E-state index contributed by atoms with van der Waals surface area (Å²) in [5.41, 5.74) is 5.37. The molecule has 1 N–H and O–H groups in total. The van der Waals surface area contributed by atoms with E-state index in [-0.39, 0.29) is 17.1 Å². The fourth-order valence-corrected chi connectivity index (χ4v) is 3.92. The molecule has 1 aliphatic heterocycles. The van der Waals surface area contributed by atoms with E-state index in [2.05, 4.69) is 5.32 Å². The summed E-state index contributed by atoms with van der Waals surface area (Å²) in [7, 11) is 12.8. The van der Waals surface area contributed by atoms with Gasteiger partial charge in [0.15, 0.2) is 0 Å². The highest BCUT2D eigenvalue weighted by atomic mass is 19.1. The predicted molar refractivity (Wildman–Crippen MR) is 119 cm³/mol. The van der Waals surface area contributed by atoms with Crippen molar-refractivity contribution >= 4 is 33.0 Å². The molecule has 2 aromatic carbocycles. The molecule has 0 unspecified atom stereocenters. The monoisotopic (exact) mass is 388 g/mol. The number of nitrogens with one attached hydrogen (secondary N) is 1. The lowest BCUT2D eigenvalue weighted by molar-refractivity contribution is -0.117. The molecule has 0 spiro atoms. The second-order valence-corrected chi connectivity index (χ2v) is 9.41. The van der Waals surface area contributed by atoms with Gasteiger partial charge in [-0.05, 0) is 77.5 Å². The minimum absolute atomic E-state index is 0.00243. The van der Waals surface area contributed by atoms with E-state index in [9.17, 15) is 9.18 Å². The Labute approximate surface area is 175 Å². The van der Waals surface area contributed by atoms with Crippen LogP contribution >= 0.6 is 0 Å². The van der Waals surface area contributed by atoms with Gasteiger partial charge in [-0.1, -0.05) is 26.8 Å². The number of hydrogen-bond acceptors (Lipinski definition) is 2. The first-order valence-electron chi connectivity index (χ1n) is 9.89. The van der Waals surface area contributed by atoms with Crippen molar-refractivity contribution in [3.63, 3.8) is 0 Å². The van der Waals surface area contributed by atoms with Crippen LogP contribution in [0.5, 0.6) is 0 Å². The highest BCUT2D eigenvalue weighted by Crippen LogP contribution is 2.35. The molecular weight excluding hydrogens is 361 g/mol. The average Bonchev–Trinajstić information content (AvgIpc) is 2.54. The molecule has 3 rings (SSSR count). The molecule has 0 bridgehead atoms. The summed E-state index contributed by atoms with van der Waals surface area (Å²) >= 11 is 0. The van der Waals surface area contributed by atoms with Gasteiger partial charge < -0.3 is 10.2 Å². The first-order valence-corrected chi connectivity index (χ1v) is 9.89.